The quantitative estimate of drug-likeness (QED) is 0.634. The molecule has 0 aliphatic carbocycles. The zero-order valence-electron chi connectivity index (χ0n) is 8.59. The molecule has 66 valence electrons. The van der Waals surface area contributed by atoms with Gasteiger partial charge in [0.25, 0.3) is 0 Å². The van der Waals surface area contributed by atoms with Gasteiger partial charge in [0.05, 0.1) is 0 Å². The molecule has 11 heavy (non-hydrogen) atoms. The molecule has 0 aromatic rings. The summed E-state index contributed by atoms with van der Waals surface area (Å²) in [5.41, 5.74) is 4.84. The second-order valence-electron chi connectivity index (χ2n) is 3.73. The van der Waals surface area contributed by atoms with Crippen molar-refractivity contribution in [2.24, 2.45) is 0 Å². The van der Waals surface area contributed by atoms with Gasteiger partial charge in [-0.2, -0.15) is 0 Å². The Morgan fingerprint density at radius 1 is 1.00 bits per heavy atom. The van der Waals surface area contributed by atoms with E-state index in [0.29, 0.717) is 0 Å². The summed E-state index contributed by atoms with van der Waals surface area (Å²) in [6.45, 7) is 2.51. The Kier molecular flexibility index (Phi) is 6.42. The van der Waals surface area contributed by atoms with Crippen molar-refractivity contribution in [1.29, 1.82) is 0 Å². The Labute approximate surface area is 76.9 Å². The number of hydrogen-bond donors (Lipinski definition) is 0. The Hall–Kier alpha value is 0.556. The molecule has 0 heterocycles. The van der Waals surface area contributed by atoms with Crippen LogP contribution in [0.5, 0.6) is 0 Å². The first-order chi connectivity index (χ1) is 5.04. The van der Waals surface area contributed by atoms with Crippen LogP contribution in [0.3, 0.4) is 0 Å². The van der Waals surface area contributed by atoms with E-state index in [2.05, 4.69) is 40.6 Å². The first-order valence-corrected chi connectivity index (χ1v) is 10.3. The molecule has 0 aromatic heterocycles. The summed E-state index contributed by atoms with van der Waals surface area (Å²) >= 11 is -0.930. The molecule has 0 spiro atoms. The van der Waals surface area contributed by atoms with Crippen LogP contribution in [0.1, 0.15) is 6.42 Å². The number of nitrogens with zero attached hydrogens (tertiary/aromatic N) is 2. The summed E-state index contributed by atoms with van der Waals surface area (Å²) in [5.74, 6) is 0. The maximum absolute atomic E-state index is 2.57. The first-order valence-electron chi connectivity index (χ1n) is 4.39. The molecule has 0 unspecified atom stereocenters. The normalized spacial score (nSPS) is 11.2. The van der Waals surface area contributed by atoms with E-state index in [1.807, 2.05) is 0 Å². The standard InChI is InChI=1S/C6H15N2.2CH3.Ga/c1-7-5-4-6-8(2)3;;;/h4-6H2,1-3H3;2*1H3;/q-1;;;+1. The van der Waals surface area contributed by atoms with Gasteiger partial charge in [-0.25, -0.2) is 0 Å². The van der Waals surface area contributed by atoms with E-state index in [1.165, 1.54) is 19.5 Å². The molecule has 0 N–H and O–H groups in total. The van der Waals surface area contributed by atoms with Crippen molar-refractivity contribution in [2.75, 3.05) is 34.2 Å². The van der Waals surface area contributed by atoms with Gasteiger partial charge < -0.3 is 0 Å². The number of hydrogen-bond acceptors (Lipinski definition) is 2. The Morgan fingerprint density at radius 3 is 1.91 bits per heavy atom. The molecule has 0 fully saturated rings. The fraction of sp³-hybridized carbons (Fsp3) is 1.00. The molecule has 0 aliphatic rings. The van der Waals surface area contributed by atoms with Crippen LogP contribution in [-0.2, 0) is 0 Å². The van der Waals surface area contributed by atoms with E-state index in [-0.39, 0.29) is 0 Å². The molecule has 0 atom stereocenters. The third-order valence-electron chi connectivity index (χ3n) is 2.00. The molecule has 2 nitrogen and oxygen atoms in total. The van der Waals surface area contributed by atoms with Crippen LogP contribution >= 0.6 is 0 Å². The molecule has 0 aromatic carbocycles. The average Bonchev–Trinajstić information content (AvgIpc) is 1.86. The molecular formula is C8H21GaN2. The van der Waals surface area contributed by atoms with Crippen molar-refractivity contribution in [3.05, 3.63) is 0 Å². The van der Waals surface area contributed by atoms with Gasteiger partial charge in [-0.15, -0.1) is 0 Å². The Bertz CT molecular complexity index is 94.1. The van der Waals surface area contributed by atoms with E-state index in [0.717, 1.165) is 0 Å². The van der Waals surface area contributed by atoms with Crippen LogP contribution in [0.2, 0.25) is 11.0 Å². The topological polar surface area (TPSA) is 6.48 Å². The minimum atomic E-state index is -0.930. The second kappa shape index (κ2) is 6.11. The molecule has 0 saturated carbocycles. The van der Waals surface area contributed by atoms with Gasteiger partial charge in [-0.3, -0.25) is 0 Å². The van der Waals surface area contributed by atoms with Gasteiger partial charge in [0.1, 0.15) is 0 Å². The van der Waals surface area contributed by atoms with Gasteiger partial charge >= 0.3 is 76.6 Å². The number of rotatable bonds is 5. The Morgan fingerprint density at radius 2 is 1.55 bits per heavy atom. The van der Waals surface area contributed by atoms with Crippen LogP contribution in [-0.4, -0.2) is 59.2 Å². The van der Waals surface area contributed by atoms with Crippen molar-refractivity contribution < 1.29 is 0 Å². The van der Waals surface area contributed by atoms with Gasteiger partial charge in [0, 0.05) is 0 Å². The summed E-state index contributed by atoms with van der Waals surface area (Å²) in [7, 11) is 6.54. The zero-order valence-corrected chi connectivity index (χ0v) is 11.0. The summed E-state index contributed by atoms with van der Waals surface area (Å²) in [6.07, 6.45) is 1.31. The second-order valence-corrected chi connectivity index (χ2v) is 10.2. The maximum atomic E-state index is 2.57. The fourth-order valence-corrected chi connectivity index (χ4v) is 2.36. The van der Waals surface area contributed by atoms with Gasteiger partial charge in [-0.05, 0) is 0 Å². The summed E-state index contributed by atoms with van der Waals surface area (Å²) in [6, 6.07) is 0. The molecule has 0 saturated heterocycles. The van der Waals surface area contributed by atoms with Crippen LogP contribution in [0.25, 0.3) is 0 Å². The van der Waals surface area contributed by atoms with E-state index in [9.17, 15) is 0 Å². The average molecular weight is 215 g/mol. The predicted molar refractivity (Wildman–Crippen MR) is 53.3 cm³/mol. The monoisotopic (exact) mass is 214 g/mol. The molecular weight excluding hydrogens is 194 g/mol. The SMILES string of the molecule is CN(C)CCC[N](C)[Ga]([CH3])[CH3]. The van der Waals surface area contributed by atoms with Gasteiger partial charge in [0.15, 0.2) is 0 Å². The molecule has 3 heteroatoms. The van der Waals surface area contributed by atoms with Crippen LogP contribution in [0.4, 0.5) is 0 Å². The van der Waals surface area contributed by atoms with Gasteiger partial charge in [-0.1, -0.05) is 0 Å². The third kappa shape index (κ3) is 6.94. The van der Waals surface area contributed by atoms with Crippen LogP contribution in [0.15, 0.2) is 0 Å². The summed E-state index contributed by atoms with van der Waals surface area (Å²) in [4.78, 5) is 2.25. The van der Waals surface area contributed by atoms with E-state index < -0.39 is 16.5 Å². The predicted octanol–water partition coefficient (Wildman–Crippen LogP) is 1.12. The van der Waals surface area contributed by atoms with E-state index >= 15 is 0 Å². The molecule has 0 aliphatic heterocycles. The zero-order chi connectivity index (χ0) is 8.85. The third-order valence-corrected chi connectivity index (χ3v) is 6.24. The van der Waals surface area contributed by atoms with Crippen molar-refractivity contribution in [1.82, 2.24) is 8.51 Å². The van der Waals surface area contributed by atoms with Crippen LogP contribution < -0.4 is 0 Å². The first kappa shape index (κ1) is 11.6. The van der Waals surface area contributed by atoms with Crippen molar-refractivity contribution >= 4 is 16.5 Å². The van der Waals surface area contributed by atoms with Crippen LogP contribution in [0, 0.1) is 0 Å². The molecule has 0 amide bonds. The van der Waals surface area contributed by atoms with Gasteiger partial charge in [0.2, 0.25) is 0 Å². The van der Waals surface area contributed by atoms with Crippen molar-refractivity contribution in [3.8, 4) is 0 Å². The van der Waals surface area contributed by atoms with Crippen molar-refractivity contribution in [3.63, 3.8) is 0 Å². The molecule has 0 radical (unpaired) electrons. The summed E-state index contributed by atoms with van der Waals surface area (Å²) < 4.78 is 2.57. The molecule has 0 rings (SSSR count). The van der Waals surface area contributed by atoms with E-state index in [1.54, 1.807) is 0 Å². The van der Waals surface area contributed by atoms with E-state index in [4.69, 9.17) is 0 Å². The minimum absolute atomic E-state index is 0.930. The van der Waals surface area contributed by atoms with Crippen molar-refractivity contribution in [2.45, 2.75) is 17.4 Å². The Balaban J connectivity index is 3.24. The molecule has 0 bridgehead atoms. The fourth-order valence-electron chi connectivity index (χ4n) is 0.895. The summed E-state index contributed by atoms with van der Waals surface area (Å²) in [5, 5.41) is 0.